The van der Waals surface area contributed by atoms with E-state index in [-0.39, 0.29) is 5.69 Å². The highest BCUT2D eigenvalue weighted by molar-refractivity contribution is 6.36. The number of benzene rings is 5. The summed E-state index contributed by atoms with van der Waals surface area (Å²) in [5.41, 5.74) is 6.98. The summed E-state index contributed by atoms with van der Waals surface area (Å²) >= 11 is 0. The van der Waals surface area contributed by atoms with Crippen LogP contribution < -0.4 is 0 Å². The highest BCUT2D eigenvalue weighted by Crippen LogP contribution is 2.47. The fourth-order valence-corrected chi connectivity index (χ4v) is 7.12. The minimum atomic E-state index is 0.262. The van der Waals surface area contributed by atoms with Crippen molar-refractivity contribution in [2.75, 3.05) is 0 Å². The van der Waals surface area contributed by atoms with Crippen LogP contribution >= 0.6 is 0 Å². The van der Waals surface area contributed by atoms with Crippen molar-refractivity contribution in [3.63, 3.8) is 0 Å². The molecule has 5 aromatic carbocycles. The van der Waals surface area contributed by atoms with E-state index in [1.54, 1.807) is 6.20 Å². The minimum absolute atomic E-state index is 0.262. The molecule has 0 aliphatic heterocycles. The van der Waals surface area contributed by atoms with Gasteiger partial charge in [-0.05, 0) is 47.2 Å². The second-order valence-corrected chi connectivity index (χ2v) is 10.8. The van der Waals surface area contributed by atoms with Crippen molar-refractivity contribution in [1.82, 2.24) is 23.9 Å². The molecule has 6 nitrogen and oxygen atoms in total. The molecule has 0 aliphatic carbocycles. The van der Waals surface area contributed by atoms with Crippen molar-refractivity contribution in [2.45, 2.75) is 0 Å². The molecule has 42 heavy (non-hydrogen) atoms. The lowest BCUT2D eigenvalue weighted by Gasteiger charge is -2.09. The van der Waals surface area contributed by atoms with E-state index in [2.05, 4.69) is 111 Å². The third-order valence-electron chi connectivity index (χ3n) is 8.74. The number of fused-ring (bicyclic) bond motifs is 13. The van der Waals surface area contributed by atoms with Gasteiger partial charge in [-0.2, -0.15) is 10.2 Å². The number of hydrogen-bond donors (Lipinski definition) is 0. The Balaban J connectivity index is 1.55. The number of pyridine rings is 1. The molecule has 5 aromatic heterocycles. The molecule has 6 heteroatoms. The second kappa shape index (κ2) is 7.57. The molecule has 0 bridgehead atoms. The summed E-state index contributed by atoms with van der Waals surface area (Å²) in [6.07, 6.45) is 1.67. The molecule has 0 atom stereocenters. The fraction of sp³-hybridized carbons (Fsp3) is 0. The summed E-state index contributed by atoms with van der Waals surface area (Å²) in [4.78, 5) is 14.3. The van der Waals surface area contributed by atoms with Gasteiger partial charge in [-0.25, -0.2) is 4.98 Å². The first kappa shape index (κ1) is 21.7. The van der Waals surface area contributed by atoms with Gasteiger partial charge in [0.1, 0.15) is 11.6 Å². The Morgan fingerprint density at radius 3 is 2.21 bits per heavy atom. The monoisotopic (exact) mass is 534 g/mol. The van der Waals surface area contributed by atoms with Crippen LogP contribution in [-0.4, -0.2) is 23.9 Å². The first-order chi connectivity index (χ1) is 20.8. The van der Waals surface area contributed by atoms with Crippen LogP contribution in [0.3, 0.4) is 0 Å². The normalized spacial score (nSPS) is 12.3. The van der Waals surface area contributed by atoms with Crippen molar-refractivity contribution in [2.24, 2.45) is 0 Å². The summed E-state index contributed by atoms with van der Waals surface area (Å²) in [5.74, 6) is 0.463. The van der Waals surface area contributed by atoms with Gasteiger partial charge in [0.25, 0.3) is 0 Å². The molecule has 0 saturated carbocycles. The first-order valence-electron chi connectivity index (χ1n) is 13.9. The summed E-state index contributed by atoms with van der Waals surface area (Å²) < 4.78 is 4.55. The van der Waals surface area contributed by atoms with Gasteiger partial charge in [0.05, 0.1) is 33.1 Å². The van der Waals surface area contributed by atoms with E-state index in [1.165, 1.54) is 38.0 Å². The van der Waals surface area contributed by atoms with Gasteiger partial charge in [0.15, 0.2) is 5.69 Å². The molecule has 0 fully saturated rings. The third-order valence-corrected chi connectivity index (χ3v) is 8.74. The van der Waals surface area contributed by atoms with Crippen molar-refractivity contribution in [3.8, 4) is 12.0 Å². The van der Waals surface area contributed by atoms with Crippen molar-refractivity contribution < 1.29 is 0 Å². The van der Waals surface area contributed by atoms with E-state index >= 15 is 0 Å². The van der Waals surface area contributed by atoms with Gasteiger partial charge in [0.2, 0.25) is 5.95 Å². The largest absolute Gasteiger partial charge is 0.308 e. The van der Waals surface area contributed by atoms with Crippen LogP contribution in [0.5, 0.6) is 0 Å². The van der Waals surface area contributed by atoms with E-state index in [1.807, 2.05) is 12.1 Å². The van der Waals surface area contributed by atoms with E-state index in [4.69, 9.17) is 9.97 Å². The summed E-state index contributed by atoms with van der Waals surface area (Å²) in [5, 5.41) is 19.5. The van der Waals surface area contributed by atoms with Crippen LogP contribution in [0.2, 0.25) is 0 Å². The molecule has 0 amide bonds. The van der Waals surface area contributed by atoms with Gasteiger partial charge in [-0.15, -0.1) is 0 Å². The van der Waals surface area contributed by atoms with Gasteiger partial charge >= 0.3 is 0 Å². The molecule has 10 rings (SSSR count). The van der Waals surface area contributed by atoms with Crippen LogP contribution in [0.1, 0.15) is 5.69 Å². The number of nitrogens with zero attached hydrogens (tertiary/aromatic N) is 6. The van der Waals surface area contributed by atoms with E-state index < -0.39 is 0 Å². The number of rotatable bonds is 1. The average Bonchev–Trinajstić information content (AvgIpc) is 3.68. The van der Waals surface area contributed by atoms with Gasteiger partial charge in [-0.1, -0.05) is 66.7 Å². The lowest BCUT2D eigenvalue weighted by Crippen LogP contribution is -2.04. The van der Waals surface area contributed by atoms with Crippen molar-refractivity contribution in [1.29, 1.82) is 5.26 Å². The molecule has 0 aliphatic rings. The lowest BCUT2D eigenvalue weighted by atomic mass is 10.0. The zero-order valence-electron chi connectivity index (χ0n) is 22.1. The van der Waals surface area contributed by atoms with E-state index in [9.17, 15) is 5.26 Å². The van der Waals surface area contributed by atoms with Crippen molar-refractivity contribution >= 4 is 81.7 Å². The maximum Gasteiger partial charge on any atom is 0.236 e. The maximum absolute atomic E-state index is 10.1. The van der Waals surface area contributed by atoms with Gasteiger partial charge < -0.3 is 4.40 Å². The Morgan fingerprint density at radius 1 is 0.595 bits per heavy atom. The SMILES string of the molecule is N#Cc1nc(-n2c3ccc4ccccc4c3c3cc4c5ccccc5n5c6ccccc6c(c32)c45)nc2cccnc12. The topological polar surface area (TPSA) is 71.8 Å². The molecular formula is C36H18N6. The van der Waals surface area contributed by atoms with Gasteiger partial charge in [0, 0.05) is 38.5 Å². The number of nitriles is 1. The highest BCUT2D eigenvalue weighted by atomic mass is 15.2. The molecule has 0 unspecified atom stereocenters. The smallest absolute Gasteiger partial charge is 0.236 e. The van der Waals surface area contributed by atoms with Crippen molar-refractivity contribution in [3.05, 3.63) is 115 Å². The summed E-state index contributed by atoms with van der Waals surface area (Å²) in [6, 6.07) is 38.4. The quantitative estimate of drug-likeness (QED) is 0.212. The Labute approximate surface area is 237 Å². The number of aromatic nitrogens is 5. The predicted octanol–water partition coefficient (Wildman–Crippen LogP) is 8.30. The molecule has 0 radical (unpaired) electrons. The van der Waals surface area contributed by atoms with Gasteiger partial charge in [-0.3, -0.25) is 9.55 Å². The van der Waals surface area contributed by atoms with Crippen LogP contribution in [0.4, 0.5) is 0 Å². The van der Waals surface area contributed by atoms with Crippen LogP contribution in [0.25, 0.3) is 87.7 Å². The Morgan fingerprint density at radius 2 is 1.36 bits per heavy atom. The zero-order valence-corrected chi connectivity index (χ0v) is 22.1. The first-order valence-corrected chi connectivity index (χ1v) is 13.9. The minimum Gasteiger partial charge on any atom is -0.308 e. The Hall–Kier alpha value is -6.06. The fourth-order valence-electron chi connectivity index (χ4n) is 7.12. The standard InChI is InChI=1S/C36H18N6/c37-19-27-33-26(12-7-17-38-33)39-36(40-27)42-30-16-15-20-8-1-2-9-21(20)31(30)25-18-24-22-10-3-5-13-28(22)41-29-14-6-4-11-23(29)32(34(24)41)35(25)42/h1-18H. The van der Waals surface area contributed by atoms with E-state index in [0.29, 0.717) is 17.0 Å². The molecule has 0 saturated heterocycles. The average molecular weight is 535 g/mol. The maximum atomic E-state index is 10.1. The van der Waals surface area contributed by atoms with Crippen LogP contribution in [0.15, 0.2) is 109 Å². The predicted molar refractivity (Wildman–Crippen MR) is 169 cm³/mol. The summed E-state index contributed by atoms with van der Waals surface area (Å²) in [7, 11) is 0. The van der Waals surface area contributed by atoms with Crippen LogP contribution in [0, 0.1) is 11.3 Å². The second-order valence-electron chi connectivity index (χ2n) is 10.8. The van der Waals surface area contributed by atoms with E-state index in [0.717, 1.165) is 32.7 Å². The Kier molecular flexibility index (Phi) is 3.91. The third kappa shape index (κ3) is 2.52. The molecule has 0 N–H and O–H groups in total. The molecular weight excluding hydrogens is 516 g/mol. The summed E-state index contributed by atoms with van der Waals surface area (Å²) in [6.45, 7) is 0. The molecule has 192 valence electrons. The lowest BCUT2D eigenvalue weighted by molar-refractivity contribution is 1.000. The Bertz CT molecular complexity index is 2810. The zero-order chi connectivity index (χ0) is 27.5. The molecule has 5 heterocycles. The molecule has 0 spiro atoms. The van der Waals surface area contributed by atoms with Crippen LogP contribution in [-0.2, 0) is 0 Å². The molecule has 10 aromatic rings. The number of para-hydroxylation sites is 2. The highest BCUT2D eigenvalue weighted by Gasteiger charge is 2.26. The number of hydrogen-bond acceptors (Lipinski definition) is 4.